The van der Waals surface area contributed by atoms with Gasteiger partial charge in [-0.2, -0.15) is 4.31 Å². The summed E-state index contributed by atoms with van der Waals surface area (Å²) >= 11 is 0. The van der Waals surface area contributed by atoms with Gasteiger partial charge in [0.2, 0.25) is 15.9 Å². The van der Waals surface area contributed by atoms with Gasteiger partial charge in [0.15, 0.2) is 0 Å². The van der Waals surface area contributed by atoms with E-state index in [4.69, 9.17) is 0 Å². The number of nitrogens with zero attached hydrogens (tertiary/aromatic N) is 2. The van der Waals surface area contributed by atoms with E-state index < -0.39 is 10.0 Å². The third kappa shape index (κ3) is 4.92. The second-order valence-electron chi connectivity index (χ2n) is 8.18. The molecule has 1 saturated heterocycles. The van der Waals surface area contributed by atoms with Crippen molar-refractivity contribution in [3.63, 3.8) is 0 Å². The number of nitrogens with one attached hydrogen (secondary N) is 2. The lowest BCUT2D eigenvalue weighted by Gasteiger charge is -2.33. The normalized spacial score (nSPS) is 19.1. The smallest absolute Gasteiger partial charge is 0.243 e. The van der Waals surface area contributed by atoms with Crippen molar-refractivity contribution in [1.82, 2.24) is 4.31 Å². The van der Waals surface area contributed by atoms with Crippen LogP contribution in [-0.4, -0.2) is 64.9 Å². The number of carbonyl (C=O) groups excluding carboxylic acids is 1. The van der Waals surface area contributed by atoms with Crippen LogP contribution < -0.4 is 15.1 Å². The summed E-state index contributed by atoms with van der Waals surface area (Å²) in [6, 6.07) is 5.20. The largest absolute Gasteiger partial charge is 0.359 e. The molecule has 0 atom stereocenters. The monoisotopic (exact) mass is 423 g/mol. The van der Waals surface area contributed by atoms with Crippen molar-refractivity contribution in [3.05, 3.63) is 18.2 Å². The Morgan fingerprint density at radius 1 is 1.17 bits per heavy atom. The number of piperazine rings is 1. The average Bonchev–Trinajstić information content (AvgIpc) is 3.24. The Hall–Kier alpha value is -1.64. The van der Waals surface area contributed by atoms with Gasteiger partial charge in [-0.15, -0.1) is 0 Å². The summed E-state index contributed by atoms with van der Waals surface area (Å²) in [5.74, 6) is 0.0451. The molecule has 29 heavy (non-hydrogen) atoms. The van der Waals surface area contributed by atoms with Crippen molar-refractivity contribution in [3.8, 4) is 0 Å². The molecule has 0 bridgehead atoms. The molecule has 1 saturated carbocycles. The zero-order valence-electron chi connectivity index (χ0n) is 17.9. The molecule has 1 aliphatic heterocycles. The minimum Gasteiger partial charge on any atom is -0.359 e. The van der Waals surface area contributed by atoms with Crippen LogP contribution in [0.4, 0.5) is 11.4 Å². The molecule has 1 amide bonds. The summed E-state index contributed by atoms with van der Waals surface area (Å²) in [5, 5.41) is 3.08. The molecule has 2 aliphatic rings. The fourth-order valence-corrected chi connectivity index (χ4v) is 5.80. The van der Waals surface area contributed by atoms with E-state index in [1.807, 2.05) is 19.9 Å². The highest BCUT2D eigenvalue weighted by Gasteiger charge is 2.28. The number of likely N-dealkylation sites (N-methyl/N-ethyl adjacent to an activating group) is 1. The van der Waals surface area contributed by atoms with E-state index in [9.17, 15) is 13.2 Å². The highest BCUT2D eigenvalue weighted by molar-refractivity contribution is 7.89. The first-order valence-electron chi connectivity index (χ1n) is 10.9. The summed E-state index contributed by atoms with van der Waals surface area (Å²) in [7, 11) is -1.39. The number of hydrogen-bond acceptors (Lipinski definition) is 4. The van der Waals surface area contributed by atoms with Crippen molar-refractivity contribution < 1.29 is 18.1 Å². The first-order chi connectivity index (χ1) is 13.9. The quantitative estimate of drug-likeness (QED) is 0.691. The Bertz CT molecular complexity index is 809. The van der Waals surface area contributed by atoms with Crippen LogP contribution in [0.1, 0.15) is 39.5 Å². The molecule has 3 rings (SSSR count). The summed E-state index contributed by atoms with van der Waals surface area (Å²) in [6.07, 6.45) is 4.00. The fourth-order valence-electron chi connectivity index (χ4n) is 4.32. The van der Waals surface area contributed by atoms with Gasteiger partial charge < -0.3 is 15.1 Å². The number of sulfonamides is 1. The number of hydrogen-bond donors (Lipinski definition) is 2. The molecule has 0 aromatic heterocycles. The van der Waals surface area contributed by atoms with Crippen LogP contribution in [0, 0.1) is 5.92 Å². The summed E-state index contributed by atoms with van der Waals surface area (Å²) in [5.41, 5.74) is 1.54. The third-order valence-electron chi connectivity index (χ3n) is 6.25. The Morgan fingerprint density at radius 2 is 1.79 bits per heavy atom. The highest BCUT2D eigenvalue weighted by Crippen LogP contribution is 2.32. The van der Waals surface area contributed by atoms with E-state index in [1.165, 1.54) is 9.21 Å². The standard InChI is InChI=1S/C21H34N4O3S/c1-4-25(5-2)29(27,28)18-10-11-20(24-14-12-23(3)13-15-24)19(16-18)22-21(26)17-8-6-7-9-17/h10-11,16-17H,4-9,12-15H2,1-3H3,(H,22,26)/p+1. The Kier molecular flexibility index (Phi) is 7.19. The summed E-state index contributed by atoms with van der Waals surface area (Å²) < 4.78 is 27.5. The van der Waals surface area contributed by atoms with Gasteiger partial charge in [-0.1, -0.05) is 26.7 Å². The highest BCUT2D eigenvalue weighted by atomic mass is 32.2. The molecule has 1 aromatic rings. The maximum Gasteiger partial charge on any atom is 0.243 e. The number of rotatable bonds is 7. The molecular weight excluding hydrogens is 388 g/mol. The summed E-state index contributed by atoms with van der Waals surface area (Å²) in [6.45, 7) is 8.35. The molecule has 2 N–H and O–H groups in total. The van der Waals surface area contributed by atoms with Gasteiger partial charge in [0, 0.05) is 19.0 Å². The first-order valence-corrected chi connectivity index (χ1v) is 12.3. The van der Waals surface area contributed by atoms with Crippen LogP contribution in [-0.2, 0) is 14.8 Å². The number of amides is 1. The predicted octanol–water partition coefficient (Wildman–Crippen LogP) is 1.18. The minimum atomic E-state index is -3.58. The molecule has 7 nitrogen and oxygen atoms in total. The maximum atomic E-state index is 13.0. The van der Waals surface area contributed by atoms with E-state index in [-0.39, 0.29) is 16.7 Å². The van der Waals surface area contributed by atoms with Gasteiger partial charge in [-0.3, -0.25) is 4.79 Å². The lowest BCUT2D eigenvalue weighted by Crippen LogP contribution is -3.12. The second-order valence-corrected chi connectivity index (χ2v) is 10.1. The zero-order valence-corrected chi connectivity index (χ0v) is 18.7. The van der Waals surface area contributed by atoms with Crippen LogP contribution in [0.2, 0.25) is 0 Å². The molecule has 1 aromatic carbocycles. The molecule has 1 aliphatic carbocycles. The summed E-state index contributed by atoms with van der Waals surface area (Å²) in [4.78, 5) is 16.8. The Balaban J connectivity index is 1.94. The molecule has 8 heteroatoms. The minimum absolute atomic E-state index is 0.0147. The van der Waals surface area contributed by atoms with Crippen molar-refractivity contribution in [2.24, 2.45) is 5.92 Å². The number of anilines is 2. The molecule has 162 valence electrons. The van der Waals surface area contributed by atoms with Crippen LogP contribution in [0.5, 0.6) is 0 Å². The van der Waals surface area contributed by atoms with Gasteiger partial charge >= 0.3 is 0 Å². The maximum absolute atomic E-state index is 13.0. The lowest BCUT2D eigenvalue weighted by molar-refractivity contribution is -0.880. The molecule has 1 heterocycles. The van der Waals surface area contributed by atoms with E-state index in [2.05, 4.69) is 17.3 Å². The number of quaternary nitrogens is 1. The van der Waals surface area contributed by atoms with Gasteiger partial charge in [0.1, 0.15) is 0 Å². The van der Waals surface area contributed by atoms with Gasteiger partial charge in [-0.25, -0.2) is 8.42 Å². The number of benzene rings is 1. The van der Waals surface area contributed by atoms with E-state index in [0.29, 0.717) is 18.8 Å². The molecule has 0 unspecified atom stereocenters. The lowest BCUT2D eigenvalue weighted by atomic mass is 10.1. The molecule has 0 spiro atoms. The van der Waals surface area contributed by atoms with E-state index >= 15 is 0 Å². The third-order valence-corrected chi connectivity index (χ3v) is 8.30. The fraction of sp³-hybridized carbons (Fsp3) is 0.667. The average molecular weight is 424 g/mol. The predicted molar refractivity (Wildman–Crippen MR) is 116 cm³/mol. The zero-order chi connectivity index (χ0) is 21.0. The van der Waals surface area contributed by atoms with E-state index in [0.717, 1.165) is 57.5 Å². The molecule has 0 radical (unpaired) electrons. The SMILES string of the molecule is CCN(CC)S(=O)(=O)c1ccc(N2CC[NH+](C)CC2)c(NC(=O)C2CCCC2)c1. The Morgan fingerprint density at radius 3 is 2.38 bits per heavy atom. The van der Waals surface area contributed by atoms with Crippen LogP contribution in [0.15, 0.2) is 23.1 Å². The van der Waals surface area contributed by atoms with Crippen molar-refractivity contribution >= 4 is 27.3 Å². The molecule has 2 fully saturated rings. The topological polar surface area (TPSA) is 74.2 Å². The van der Waals surface area contributed by atoms with Crippen LogP contribution in [0.25, 0.3) is 0 Å². The van der Waals surface area contributed by atoms with E-state index in [1.54, 1.807) is 12.1 Å². The number of carbonyl (C=O) groups is 1. The van der Waals surface area contributed by atoms with Crippen LogP contribution in [0.3, 0.4) is 0 Å². The van der Waals surface area contributed by atoms with Crippen molar-refractivity contribution in [2.75, 3.05) is 56.5 Å². The van der Waals surface area contributed by atoms with Gasteiger partial charge in [0.05, 0.1) is 49.5 Å². The van der Waals surface area contributed by atoms with Gasteiger partial charge in [-0.05, 0) is 31.0 Å². The van der Waals surface area contributed by atoms with Crippen molar-refractivity contribution in [1.29, 1.82) is 0 Å². The molecular formula is C21H35N4O3S+. The Labute approximate surface area is 175 Å². The van der Waals surface area contributed by atoms with Gasteiger partial charge in [0.25, 0.3) is 0 Å². The first kappa shape index (κ1) is 22.1. The van der Waals surface area contributed by atoms with Crippen molar-refractivity contribution in [2.45, 2.75) is 44.4 Å². The van der Waals surface area contributed by atoms with Crippen LogP contribution >= 0.6 is 0 Å². The second kappa shape index (κ2) is 9.45.